The van der Waals surface area contributed by atoms with Crippen molar-refractivity contribution in [3.8, 4) is 0 Å². The van der Waals surface area contributed by atoms with Gasteiger partial charge < -0.3 is 4.90 Å². The van der Waals surface area contributed by atoms with Crippen molar-refractivity contribution in [2.45, 2.75) is 26.2 Å². The van der Waals surface area contributed by atoms with Gasteiger partial charge in [0.2, 0.25) is 0 Å². The molecular formula is C24H22N4S. The number of aromatic nitrogens is 3. The third kappa shape index (κ3) is 2.85. The van der Waals surface area contributed by atoms with Crippen LogP contribution in [0.4, 0.5) is 5.69 Å². The molecule has 0 saturated heterocycles. The SMILES string of the molecule is C/C(=C\C=C1/N(C)c2ccccc2C1(C)C)c1nc2nc3ccccc3nc2s1. The normalized spacial score (nSPS) is 17.4. The molecule has 4 aromatic rings. The van der Waals surface area contributed by atoms with Crippen LogP contribution in [0.5, 0.6) is 0 Å². The third-order valence-corrected chi connectivity index (χ3v) is 6.76. The van der Waals surface area contributed by atoms with Crippen molar-refractivity contribution in [1.82, 2.24) is 15.0 Å². The zero-order valence-corrected chi connectivity index (χ0v) is 17.8. The van der Waals surface area contributed by atoms with Crippen molar-refractivity contribution in [2.75, 3.05) is 11.9 Å². The number of allylic oxidation sites excluding steroid dienone is 4. The molecule has 0 bridgehead atoms. The first-order valence-electron chi connectivity index (χ1n) is 9.71. The summed E-state index contributed by atoms with van der Waals surface area (Å²) >= 11 is 1.59. The monoisotopic (exact) mass is 398 g/mol. The zero-order chi connectivity index (χ0) is 20.2. The van der Waals surface area contributed by atoms with Crippen LogP contribution in [0.2, 0.25) is 0 Å². The van der Waals surface area contributed by atoms with E-state index >= 15 is 0 Å². The average Bonchev–Trinajstić information content (AvgIpc) is 3.22. The Labute approximate surface area is 174 Å². The van der Waals surface area contributed by atoms with Gasteiger partial charge in [-0.25, -0.2) is 15.0 Å². The fraction of sp³-hybridized carbons (Fsp3) is 0.208. The first-order chi connectivity index (χ1) is 13.9. The van der Waals surface area contributed by atoms with E-state index in [0.29, 0.717) is 0 Å². The van der Waals surface area contributed by atoms with Gasteiger partial charge in [0.05, 0.1) is 11.0 Å². The molecule has 4 nitrogen and oxygen atoms in total. The fourth-order valence-electron chi connectivity index (χ4n) is 4.07. The molecule has 144 valence electrons. The fourth-order valence-corrected chi connectivity index (χ4v) is 4.94. The third-order valence-electron chi connectivity index (χ3n) is 5.69. The summed E-state index contributed by atoms with van der Waals surface area (Å²) < 4.78 is 0. The Morgan fingerprint density at radius 2 is 1.66 bits per heavy atom. The molecule has 1 aliphatic heterocycles. The van der Waals surface area contributed by atoms with Gasteiger partial charge in [-0.1, -0.05) is 61.6 Å². The molecule has 0 fully saturated rings. The van der Waals surface area contributed by atoms with Crippen LogP contribution in [0.15, 0.2) is 66.4 Å². The van der Waals surface area contributed by atoms with Gasteiger partial charge in [-0.3, -0.25) is 0 Å². The lowest BCUT2D eigenvalue weighted by atomic mass is 9.83. The van der Waals surface area contributed by atoms with Crippen molar-refractivity contribution >= 4 is 44.1 Å². The highest BCUT2D eigenvalue weighted by Gasteiger charge is 2.37. The first kappa shape index (κ1) is 18.0. The van der Waals surface area contributed by atoms with E-state index in [9.17, 15) is 0 Å². The van der Waals surface area contributed by atoms with E-state index in [4.69, 9.17) is 9.97 Å². The Morgan fingerprint density at radius 3 is 2.41 bits per heavy atom. The van der Waals surface area contributed by atoms with E-state index in [-0.39, 0.29) is 5.41 Å². The number of hydrogen-bond acceptors (Lipinski definition) is 5. The van der Waals surface area contributed by atoms with Gasteiger partial charge in [0.25, 0.3) is 0 Å². The van der Waals surface area contributed by atoms with Crippen molar-refractivity contribution in [2.24, 2.45) is 0 Å². The Bertz CT molecular complexity index is 1260. The Kier molecular flexibility index (Phi) is 4.03. The molecule has 0 unspecified atom stereocenters. The molecule has 0 aliphatic carbocycles. The minimum Gasteiger partial charge on any atom is -0.347 e. The van der Waals surface area contributed by atoms with Crippen molar-refractivity contribution < 1.29 is 0 Å². The summed E-state index contributed by atoms with van der Waals surface area (Å²) in [6.45, 7) is 6.66. The molecule has 3 heterocycles. The van der Waals surface area contributed by atoms with Crippen LogP contribution in [0.3, 0.4) is 0 Å². The van der Waals surface area contributed by atoms with Gasteiger partial charge in [-0.2, -0.15) is 0 Å². The van der Waals surface area contributed by atoms with Crippen molar-refractivity contribution in [3.05, 3.63) is 77.0 Å². The number of likely N-dealkylation sites (N-methyl/N-ethyl adjacent to an activating group) is 1. The molecule has 1 aliphatic rings. The van der Waals surface area contributed by atoms with Gasteiger partial charge in [-0.05, 0) is 42.3 Å². The maximum atomic E-state index is 4.74. The average molecular weight is 399 g/mol. The highest BCUT2D eigenvalue weighted by atomic mass is 32.1. The van der Waals surface area contributed by atoms with Gasteiger partial charge in [-0.15, -0.1) is 0 Å². The summed E-state index contributed by atoms with van der Waals surface area (Å²) in [5.74, 6) is 0. The van der Waals surface area contributed by atoms with Crippen molar-refractivity contribution in [1.29, 1.82) is 0 Å². The number of para-hydroxylation sites is 3. The summed E-state index contributed by atoms with van der Waals surface area (Å²) in [7, 11) is 2.14. The summed E-state index contributed by atoms with van der Waals surface area (Å²) in [4.78, 5) is 17.3. The number of anilines is 1. The first-order valence-corrected chi connectivity index (χ1v) is 10.5. The minimum atomic E-state index is -0.0312. The zero-order valence-electron chi connectivity index (χ0n) is 17.0. The van der Waals surface area contributed by atoms with E-state index in [0.717, 1.165) is 32.1 Å². The van der Waals surface area contributed by atoms with Crippen LogP contribution in [-0.2, 0) is 5.41 Å². The topological polar surface area (TPSA) is 41.9 Å². The van der Waals surface area contributed by atoms with Crippen LogP contribution >= 0.6 is 11.3 Å². The maximum Gasteiger partial charge on any atom is 0.190 e. The number of hydrogen-bond donors (Lipinski definition) is 0. The Balaban J connectivity index is 1.54. The van der Waals surface area contributed by atoms with Crippen LogP contribution in [0.1, 0.15) is 31.3 Å². The predicted octanol–water partition coefficient (Wildman–Crippen LogP) is 5.95. The molecule has 5 heteroatoms. The summed E-state index contributed by atoms with van der Waals surface area (Å²) in [5.41, 5.74) is 7.51. The minimum absolute atomic E-state index is 0.0312. The van der Waals surface area contributed by atoms with E-state index in [1.807, 2.05) is 24.3 Å². The Hall–Kier alpha value is -3.05. The largest absolute Gasteiger partial charge is 0.347 e. The Morgan fingerprint density at radius 1 is 0.966 bits per heavy atom. The van der Waals surface area contributed by atoms with Crippen LogP contribution in [-0.4, -0.2) is 22.0 Å². The van der Waals surface area contributed by atoms with Gasteiger partial charge in [0, 0.05) is 23.8 Å². The maximum absolute atomic E-state index is 4.74. The lowest BCUT2D eigenvalue weighted by molar-refractivity contribution is 0.640. The second kappa shape index (κ2) is 6.49. The molecule has 2 aromatic carbocycles. The highest BCUT2D eigenvalue weighted by Crippen LogP contribution is 2.46. The van der Waals surface area contributed by atoms with E-state index < -0.39 is 0 Å². The van der Waals surface area contributed by atoms with Gasteiger partial charge >= 0.3 is 0 Å². The molecule has 29 heavy (non-hydrogen) atoms. The lowest BCUT2D eigenvalue weighted by Gasteiger charge is -2.23. The molecule has 0 radical (unpaired) electrons. The number of thiazole rings is 1. The van der Waals surface area contributed by atoms with Crippen LogP contribution in [0.25, 0.3) is 27.1 Å². The van der Waals surface area contributed by atoms with Crippen LogP contribution < -0.4 is 4.90 Å². The predicted molar refractivity (Wildman–Crippen MR) is 122 cm³/mol. The second-order valence-electron chi connectivity index (χ2n) is 7.96. The number of fused-ring (bicyclic) bond motifs is 3. The molecule has 5 rings (SSSR count). The summed E-state index contributed by atoms with van der Waals surface area (Å²) in [6.07, 6.45) is 4.38. The van der Waals surface area contributed by atoms with Gasteiger partial charge in [0.15, 0.2) is 10.5 Å². The number of benzene rings is 2. The molecule has 0 N–H and O–H groups in total. The quantitative estimate of drug-likeness (QED) is 0.418. The number of rotatable bonds is 2. The van der Waals surface area contributed by atoms with Gasteiger partial charge in [0.1, 0.15) is 5.01 Å². The van der Waals surface area contributed by atoms with Crippen molar-refractivity contribution in [3.63, 3.8) is 0 Å². The molecular weight excluding hydrogens is 376 g/mol. The van der Waals surface area contributed by atoms with Crippen LogP contribution in [0, 0.1) is 0 Å². The van der Waals surface area contributed by atoms with E-state index in [1.54, 1.807) is 11.3 Å². The summed E-state index contributed by atoms with van der Waals surface area (Å²) in [6, 6.07) is 16.5. The smallest absolute Gasteiger partial charge is 0.190 e. The molecule has 2 aromatic heterocycles. The summed E-state index contributed by atoms with van der Waals surface area (Å²) in [5, 5.41) is 0.961. The molecule has 0 amide bonds. The molecule has 0 atom stereocenters. The molecule has 0 saturated carbocycles. The lowest BCUT2D eigenvalue weighted by Crippen LogP contribution is -2.22. The standard InChI is InChI=1S/C24H22N4S/c1-15(13-14-20-24(2,3)16-9-5-8-12-19(16)28(20)4)22-27-21-23(29-22)26-18-11-7-6-10-17(18)25-21/h5-14H,1-4H3/b15-13+,20-14-. The second-order valence-corrected chi connectivity index (χ2v) is 8.94. The van der Waals surface area contributed by atoms with E-state index in [1.165, 1.54) is 16.9 Å². The van der Waals surface area contributed by atoms with E-state index in [2.05, 4.69) is 74.1 Å². The number of nitrogens with zero attached hydrogens (tertiary/aromatic N) is 4. The molecule has 0 spiro atoms. The highest BCUT2D eigenvalue weighted by molar-refractivity contribution is 7.19.